The van der Waals surface area contributed by atoms with E-state index < -0.39 is 5.97 Å². The Morgan fingerprint density at radius 2 is 2.31 bits per heavy atom. The second-order valence-corrected chi connectivity index (χ2v) is 2.83. The fourth-order valence-corrected chi connectivity index (χ4v) is 1.09. The lowest BCUT2D eigenvalue weighted by Gasteiger charge is -2.06. The average molecular weight is 180 g/mol. The molecule has 3 N–H and O–H groups in total. The summed E-state index contributed by atoms with van der Waals surface area (Å²) in [7, 11) is 0. The van der Waals surface area contributed by atoms with E-state index in [4.69, 9.17) is 10.8 Å². The molecule has 0 aliphatic heterocycles. The van der Waals surface area contributed by atoms with Crippen LogP contribution in [0.25, 0.3) is 0 Å². The summed E-state index contributed by atoms with van der Waals surface area (Å²) in [5.74, 6) is -0.655. The van der Waals surface area contributed by atoms with E-state index in [-0.39, 0.29) is 5.56 Å². The van der Waals surface area contributed by atoms with Crippen molar-refractivity contribution in [2.24, 2.45) is 0 Å². The van der Waals surface area contributed by atoms with Crippen LogP contribution in [0.15, 0.2) is 6.07 Å². The average Bonchev–Trinajstić information content (AvgIpc) is 2.09. The van der Waals surface area contributed by atoms with Gasteiger partial charge in [-0.05, 0) is 19.4 Å². The van der Waals surface area contributed by atoms with Crippen LogP contribution in [0.4, 0.5) is 5.82 Å². The first-order valence-electron chi connectivity index (χ1n) is 4.05. The van der Waals surface area contributed by atoms with Crippen molar-refractivity contribution in [3.8, 4) is 0 Å². The van der Waals surface area contributed by atoms with Crippen LogP contribution in [-0.4, -0.2) is 16.1 Å². The number of hydrogen-bond acceptors (Lipinski definition) is 3. The molecule has 0 saturated carbocycles. The van der Waals surface area contributed by atoms with E-state index in [0.717, 1.165) is 0 Å². The molecule has 1 aromatic heterocycles. The third-order valence-corrected chi connectivity index (χ3v) is 1.96. The highest BCUT2D eigenvalue weighted by atomic mass is 16.4. The van der Waals surface area contributed by atoms with Gasteiger partial charge in [0.1, 0.15) is 5.82 Å². The number of nitrogens with zero attached hydrogens (tertiary/aromatic N) is 1. The first-order valence-corrected chi connectivity index (χ1v) is 4.05. The highest BCUT2D eigenvalue weighted by molar-refractivity contribution is 5.90. The van der Waals surface area contributed by atoms with Gasteiger partial charge < -0.3 is 10.8 Å². The van der Waals surface area contributed by atoms with Crippen LogP contribution in [0.5, 0.6) is 0 Å². The van der Waals surface area contributed by atoms with E-state index >= 15 is 0 Å². The Labute approximate surface area is 76.4 Å². The van der Waals surface area contributed by atoms with Gasteiger partial charge in [0.2, 0.25) is 0 Å². The van der Waals surface area contributed by atoms with Crippen molar-refractivity contribution in [1.82, 2.24) is 4.98 Å². The number of aryl methyl sites for hydroxylation is 1. The molecule has 0 spiro atoms. The van der Waals surface area contributed by atoms with Gasteiger partial charge in [-0.25, -0.2) is 9.78 Å². The Morgan fingerprint density at radius 3 is 2.77 bits per heavy atom. The normalized spacial score (nSPS) is 10.0. The Bertz CT molecular complexity index is 348. The van der Waals surface area contributed by atoms with Crippen LogP contribution in [0, 0.1) is 6.92 Å². The molecule has 70 valence electrons. The van der Waals surface area contributed by atoms with E-state index in [9.17, 15) is 4.79 Å². The molecule has 1 aromatic rings. The fraction of sp³-hybridized carbons (Fsp3) is 0.333. The maximum atomic E-state index is 10.8. The maximum absolute atomic E-state index is 10.8. The minimum absolute atomic E-state index is 0.240. The van der Waals surface area contributed by atoms with E-state index in [0.29, 0.717) is 23.5 Å². The number of aromatic carboxylic acids is 1. The Kier molecular flexibility index (Phi) is 2.51. The first kappa shape index (κ1) is 9.51. The number of pyridine rings is 1. The van der Waals surface area contributed by atoms with Gasteiger partial charge in [0, 0.05) is 11.3 Å². The predicted octanol–water partition coefficient (Wildman–Crippen LogP) is 1.23. The molecule has 0 aromatic carbocycles. The van der Waals surface area contributed by atoms with Crippen LogP contribution in [-0.2, 0) is 6.42 Å². The molecule has 1 heterocycles. The molecule has 1 rings (SSSR count). The summed E-state index contributed by atoms with van der Waals surface area (Å²) in [6.07, 6.45) is 0.685. The van der Waals surface area contributed by atoms with Gasteiger partial charge in [0.25, 0.3) is 0 Å². The summed E-state index contributed by atoms with van der Waals surface area (Å²) in [4.78, 5) is 14.8. The molecule has 0 amide bonds. The monoisotopic (exact) mass is 180 g/mol. The van der Waals surface area contributed by atoms with E-state index in [1.807, 2.05) is 6.92 Å². The van der Waals surface area contributed by atoms with E-state index in [2.05, 4.69) is 4.98 Å². The molecule has 0 unspecified atom stereocenters. The summed E-state index contributed by atoms with van der Waals surface area (Å²) >= 11 is 0. The van der Waals surface area contributed by atoms with Gasteiger partial charge in [-0.3, -0.25) is 0 Å². The second-order valence-electron chi connectivity index (χ2n) is 2.83. The lowest BCUT2D eigenvalue weighted by Crippen LogP contribution is -2.07. The summed E-state index contributed by atoms with van der Waals surface area (Å²) in [5, 5.41) is 8.83. The molecular weight excluding hydrogens is 168 g/mol. The molecule has 0 radical (unpaired) electrons. The second kappa shape index (κ2) is 3.43. The van der Waals surface area contributed by atoms with Crippen LogP contribution in [0.3, 0.4) is 0 Å². The predicted molar refractivity (Wildman–Crippen MR) is 49.7 cm³/mol. The Morgan fingerprint density at radius 1 is 1.69 bits per heavy atom. The standard InChI is InChI=1S/C9H12N2O2/c1-3-6-4-7(9(12)13)5(2)8(10)11-6/h4H,3H2,1-2H3,(H2,10,11)(H,12,13). The molecule has 0 bridgehead atoms. The zero-order chi connectivity index (χ0) is 10.0. The summed E-state index contributed by atoms with van der Waals surface area (Å²) in [6, 6.07) is 1.56. The molecule has 0 fully saturated rings. The number of aromatic nitrogens is 1. The minimum Gasteiger partial charge on any atom is -0.478 e. The smallest absolute Gasteiger partial charge is 0.336 e. The largest absolute Gasteiger partial charge is 0.478 e. The lowest BCUT2D eigenvalue weighted by atomic mass is 10.1. The number of carboxylic acid groups (broad SMARTS) is 1. The Balaban J connectivity index is 3.33. The van der Waals surface area contributed by atoms with Crippen molar-refractivity contribution in [1.29, 1.82) is 0 Å². The number of rotatable bonds is 2. The lowest BCUT2D eigenvalue weighted by molar-refractivity contribution is 0.0696. The van der Waals surface area contributed by atoms with Gasteiger partial charge in [-0.2, -0.15) is 0 Å². The summed E-state index contributed by atoms with van der Waals surface area (Å²) in [6.45, 7) is 3.56. The zero-order valence-corrected chi connectivity index (χ0v) is 7.66. The number of anilines is 1. The number of nitrogen functional groups attached to an aromatic ring is 1. The van der Waals surface area contributed by atoms with E-state index in [1.54, 1.807) is 13.0 Å². The number of carbonyl (C=O) groups is 1. The fourth-order valence-electron chi connectivity index (χ4n) is 1.09. The number of carboxylic acids is 1. The van der Waals surface area contributed by atoms with Crippen molar-refractivity contribution in [2.75, 3.05) is 5.73 Å². The van der Waals surface area contributed by atoms with Crippen molar-refractivity contribution in [3.63, 3.8) is 0 Å². The summed E-state index contributed by atoms with van der Waals surface area (Å²) in [5.41, 5.74) is 7.04. The molecular formula is C9H12N2O2. The van der Waals surface area contributed by atoms with Crippen molar-refractivity contribution >= 4 is 11.8 Å². The molecule has 0 saturated heterocycles. The quantitative estimate of drug-likeness (QED) is 0.717. The van der Waals surface area contributed by atoms with Crippen LogP contribution in [0.1, 0.15) is 28.5 Å². The molecule has 13 heavy (non-hydrogen) atoms. The first-order chi connectivity index (χ1) is 6.06. The third-order valence-electron chi connectivity index (χ3n) is 1.96. The van der Waals surface area contributed by atoms with Gasteiger partial charge in [-0.15, -0.1) is 0 Å². The van der Waals surface area contributed by atoms with Crippen LogP contribution < -0.4 is 5.73 Å². The van der Waals surface area contributed by atoms with Crippen LogP contribution >= 0.6 is 0 Å². The SMILES string of the molecule is CCc1cc(C(=O)O)c(C)c(N)n1. The molecule has 4 heteroatoms. The minimum atomic E-state index is -0.957. The van der Waals surface area contributed by atoms with Gasteiger partial charge >= 0.3 is 5.97 Å². The van der Waals surface area contributed by atoms with Gasteiger partial charge in [-0.1, -0.05) is 6.92 Å². The number of hydrogen-bond donors (Lipinski definition) is 2. The molecule has 0 aliphatic carbocycles. The Hall–Kier alpha value is -1.58. The van der Waals surface area contributed by atoms with Crippen LogP contribution in [0.2, 0.25) is 0 Å². The van der Waals surface area contributed by atoms with E-state index in [1.165, 1.54) is 0 Å². The number of nitrogens with two attached hydrogens (primary N) is 1. The highest BCUT2D eigenvalue weighted by Gasteiger charge is 2.11. The highest BCUT2D eigenvalue weighted by Crippen LogP contribution is 2.15. The van der Waals surface area contributed by atoms with Crippen molar-refractivity contribution in [3.05, 3.63) is 22.9 Å². The molecule has 4 nitrogen and oxygen atoms in total. The third kappa shape index (κ3) is 1.77. The topological polar surface area (TPSA) is 76.2 Å². The van der Waals surface area contributed by atoms with Crippen molar-refractivity contribution < 1.29 is 9.90 Å². The van der Waals surface area contributed by atoms with Crippen molar-refractivity contribution in [2.45, 2.75) is 20.3 Å². The summed E-state index contributed by atoms with van der Waals surface area (Å²) < 4.78 is 0. The maximum Gasteiger partial charge on any atom is 0.336 e. The zero-order valence-electron chi connectivity index (χ0n) is 7.66. The molecule has 0 atom stereocenters. The van der Waals surface area contributed by atoms with Gasteiger partial charge in [0.15, 0.2) is 0 Å². The molecule has 0 aliphatic rings. The van der Waals surface area contributed by atoms with Gasteiger partial charge in [0.05, 0.1) is 5.56 Å².